The first kappa shape index (κ1) is 12.4. The molecule has 82 valence electrons. The van der Waals surface area contributed by atoms with Gasteiger partial charge >= 0.3 is 0 Å². The average Bonchev–Trinajstić information content (AvgIpc) is 2.10. The fourth-order valence-corrected chi connectivity index (χ4v) is 3.27. The van der Waals surface area contributed by atoms with E-state index in [-0.39, 0.29) is 3.74 Å². The average molecular weight is 330 g/mol. The molecule has 1 rings (SSSR count). The Balaban J connectivity index is 3.30. The Morgan fingerprint density at radius 2 is 1.79 bits per heavy atom. The number of halogens is 2. The number of rotatable bonds is 1. The number of hydroxylamine groups is 3. The summed E-state index contributed by atoms with van der Waals surface area (Å²) in [6, 6.07) is 0. The van der Waals surface area contributed by atoms with Crippen molar-refractivity contribution in [3.05, 3.63) is 5.21 Å². The van der Waals surface area contributed by atoms with Crippen LogP contribution in [-0.4, -0.2) is 35.7 Å². The Morgan fingerprint density at radius 3 is 1.93 bits per heavy atom. The van der Waals surface area contributed by atoms with E-state index in [2.05, 4.69) is 31.9 Å². The maximum atomic E-state index is 11.9. The Bertz CT molecular complexity index is 287. The van der Waals surface area contributed by atoms with E-state index < -0.39 is 11.2 Å². The Labute approximate surface area is 100 Å². The Hall–Kier alpha value is 0.350. The van der Waals surface area contributed by atoms with Crippen LogP contribution in [0.25, 0.3) is 0 Å². The first-order valence-electron chi connectivity index (χ1n) is 4.25. The minimum atomic E-state index is -0.932. The zero-order valence-corrected chi connectivity index (χ0v) is 11.8. The molecule has 0 amide bonds. The van der Waals surface area contributed by atoms with Crippen LogP contribution in [0.4, 0.5) is 0 Å². The van der Waals surface area contributed by atoms with Crippen molar-refractivity contribution in [3.8, 4) is 0 Å². The van der Waals surface area contributed by atoms with E-state index in [0.29, 0.717) is 5.71 Å². The van der Waals surface area contributed by atoms with Crippen molar-refractivity contribution >= 4 is 37.6 Å². The molecule has 0 bridgehead atoms. The van der Waals surface area contributed by atoms with Gasteiger partial charge in [-0.3, -0.25) is 0 Å². The highest BCUT2D eigenvalue weighted by atomic mass is 79.9. The summed E-state index contributed by atoms with van der Waals surface area (Å²) in [5, 5.41) is 22.9. The molecule has 0 aromatic rings. The number of nitrogens with zero attached hydrogens (tertiary/aromatic N) is 2. The molecule has 0 spiro atoms. The topological polar surface area (TPSA) is 49.5 Å². The molecule has 1 heterocycles. The van der Waals surface area contributed by atoms with Crippen LogP contribution in [0.5, 0.6) is 0 Å². The van der Waals surface area contributed by atoms with E-state index in [0.717, 1.165) is 9.80 Å². The highest BCUT2D eigenvalue weighted by Crippen LogP contribution is 2.36. The van der Waals surface area contributed by atoms with Gasteiger partial charge in [0.2, 0.25) is 11.4 Å². The van der Waals surface area contributed by atoms with Gasteiger partial charge in [0.1, 0.15) is 5.54 Å². The molecule has 1 aliphatic rings. The summed E-state index contributed by atoms with van der Waals surface area (Å²) in [7, 11) is 0. The van der Waals surface area contributed by atoms with Gasteiger partial charge in [0.15, 0.2) is 3.74 Å². The second-order valence-corrected chi connectivity index (χ2v) is 7.41. The van der Waals surface area contributed by atoms with Gasteiger partial charge in [-0.1, -0.05) is 31.9 Å². The summed E-state index contributed by atoms with van der Waals surface area (Å²) < 4.78 is 0.597. The molecule has 0 fully saturated rings. The van der Waals surface area contributed by atoms with Gasteiger partial charge in [0.25, 0.3) is 0 Å². The van der Waals surface area contributed by atoms with Crippen LogP contribution >= 0.6 is 31.9 Å². The maximum absolute atomic E-state index is 11.9. The molecule has 0 saturated heterocycles. The minimum absolute atomic E-state index is 0.237. The van der Waals surface area contributed by atoms with E-state index in [4.69, 9.17) is 0 Å². The summed E-state index contributed by atoms with van der Waals surface area (Å²) in [6.07, 6.45) is 0. The highest BCUT2D eigenvalue weighted by Gasteiger charge is 2.57. The SMILES string of the molecule is CC1(C)C(C(Br)Br)=[N+]([O-])C(C)(C)N1O. The van der Waals surface area contributed by atoms with Crippen molar-refractivity contribution in [2.45, 2.75) is 42.6 Å². The minimum Gasteiger partial charge on any atom is -0.622 e. The van der Waals surface area contributed by atoms with Gasteiger partial charge in [-0.2, -0.15) is 4.74 Å². The summed E-state index contributed by atoms with van der Waals surface area (Å²) >= 11 is 6.59. The molecule has 0 aromatic carbocycles. The van der Waals surface area contributed by atoms with E-state index in [1.54, 1.807) is 27.7 Å². The van der Waals surface area contributed by atoms with Crippen molar-refractivity contribution in [2.75, 3.05) is 0 Å². The van der Waals surface area contributed by atoms with Crippen LogP contribution in [0.1, 0.15) is 27.7 Å². The van der Waals surface area contributed by atoms with E-state index in [9.17, 15) is 10.4 Å². The van der Waals surface area contributed by atoms with Crippen LogP contribution in [0.2, 0.25) is 0 Å². The lowest BCUT2D eigenvalue weighted by Gasteiger charge is -2.30. The van der Waals surface area contributed by atoms with E-state index in [1.807, 2.05) is 0 Å². The number of hydrogen-bond acceptors (Lipinski definition) is 3. The molecule has 0 aliphatic carbocycles. The van der Waals surface area contributed by atoms with Crippen molar-refractivity contribution in [3.63, 3.8) is 0 Å². The molecule has 0 atom stereocenters. The monoisotopic (exact) mass is 328 g/mol. The van der Waals surface area contributed by atoms with Crippen LogP contribution in [0, 0.1) is 5.21 Å². The largest absolute Gasteiger partial charge is 0.622 e. The third-order valence-corrected chi connectivity index (χ3v) is 3.46. The number of alkyl halides is 2. The zero-order valence-electron chi connectivity index (χ0n) is 8.58. The lowest BCUT2D eigenvalue weighted by atomic mass is 10.00. The molecule has 0 radical (unpaired) electrons. The molecular formula is C8H14Br2N2O2. The normalized spacial score (nSPS) is 26.3. The molecule has 4 nitrogen and oxygen atoms in total. The maximum Gasteiger partial charge on any atom is 0.245 e. The van der Waals surface area contributed by atoms with Crippen molar-refractivity contribution in [1.29, 1.82) is 0 Å². The third kappa shape index (κ3) is 1.52. The van der Waals surface area contributed by atoms with Gasteiger partial charge in [0, 0.05) is 13.8 Å². The fourth-order valence-electron chi connectivity index (χ4n) is 1.78. The summed E-state index contributed by atoms with van der Waals surface area (Å²) in [5.74, 6) is 0. The summed E-state index contributed by atoms with van der Waals surface area (Å²) in [4.78, 5) is 0. The van der Waals surface area contributed by atoms with Gasteiger partial charge < -0.3 is 10.4 Å². The van der Waals surface area contributed by atoms with E-state index in [1.165, 1.54) is 0 Å². The lowest BCUT2D eigenvalue weighted by molar-refractivity contribution is -0.581. The molecule has 14 heavy (non-hydrogen) atoms. The van der Waals surface area contributed by atoms with Gasteiger partial charge in [-0.25, -0.2) is 0 Å². The second-order valence-electron chi connectivity index (χ2n) is 4.35. The third-order valence-electron chi connectivity index (χ3n) is 2.60. The first-order chi connectivity index (χ1) is 6.13. The second kappa shape index (κ2) is 3.43. The lowest BCUT2D eigenvalue weighted by Crippen LogP contribution is -2.51. The van der Waals surface area contributed by atoms with Gasteiger partial charge in [-0.05, 0) is 13.8 Å². The van der Waals surface area contributed by atoms with Crippen LogP contribution in [-0.2, 0) is 0 Å². The predicted molar refractivity (Wildman–Crippen MR) is 62.1 cm³/mol. The van der Waals surface area contributed by atoms with Crippen LogP contribution in [0.15, 0.2) is 0 Å². The van der Waals surface area contributed by atoms with Crippen molar-refractivity contribution in [2.24, 2.45) is 0 Å². The first-order valence-corrected chi connectivity index (χ1v) is 6.08. The van der Waals surface area contributed by atoms with Crippen LogP contribution in [0.3, 0.4) is 0 Å². The summed E-state index contributed by atoms with van der Waals surface area (Å²) in [6.45, 7) is 6.96. The summed E-state index contributed by atoms with van der Waals surface area (Å²) in [5.41, 5.74) is -1.05. The Kier molecular flexibility index (Phi) is 3.05. The zero-order chi connectivity index (χ0) is 11.3. The van der Waals surface area contributed by atoms with Crippen molar-refractivity contribution < 1.29 is 9.95 Å². The Morgan fingerprint density at radius 1 is 1.36 bits per heavy atom. The standard InChI is InChI=1S/C8H14Br2N2O2/c1-7(2)5(6(9)10)11(13)8(3,4)12(7)14/h6,14H,1-4H3. The molecule has 0 unspecified atom stereocenters. The van der Waals surface area contributed by atoms with E-state index >= 15 is 0 Å². The molecule has 1 N–H and O–H groups in total. The quantitative estimate of drug-likeness (QED) is 0.456. The number of hydrogen-bond donors (Lipinski definition) is 1. The molecule has 6 heteroatoms. The molecule has 0 saturated carbocycles. The molecular weight excluding hydrogens is 316 g/mol. The smallest absolute Gasteiger partial charge is 0.245 e. The highest BCUT2D eigenvalue weighted by molar-refractivity contribution is 9.25. The molecule has 1 aliphatic heterocycles. The van der Waals surface area contributed by atoms with Gasteiger partial charge in [0.05, 0.1) is 0 Å². The van der Waals surface area contributed by atoms with Gasteiger partial charge in [-0.15, -0.1) is 5.06 Å². The van der Waals surface area contributed by atoms with Crippen molar-refractivity contribution in [1.82, 2.24) is 5.06 Å². The predicted octanol–water partition coefficient (Wildman–Crippen LogP) is 2.27. The van der Waals surface area contributed by atoms with Crippen LogP contribution < -0.4 is 0 Å². The molecule has 0 aromatic heterocycles. The fraction of sp³-hybridized carbons (Fsp3) is 0.875.